The first kappa shape index (κ1) is 11.4. The molecule has 3 N–H and O–H groups in total. The van der Waals surface area contributed by atoms with E-state index in [-0.39, 0.29) is 12.6 Å². The van der Waals surface area contributed by atoms with Crippen LogP contribution in [0.3, 0.4) is 0 Å². The monoisotopic (exact) mass is 221 g/mol. The number of hydrogen-bond acceptors (Lipinski definition) is 3. The van der Waals surface area contributed by atoms with Crippen LogP contribution in [0.4, 0.5) is 0 Å². The summed E-state index contributed by atoms with van der Waals surface area (Å²) in [5.41, 5.74) is 8.57. The first-order chi connectivity index (χ1) is 7.83. The van der Waals surface area contributed by atoms with E-state index in [9.17, 15) is 0 Å². The molecule has 1 aromatic rings. The van der Waals surface area contributed by atoms with Crippen molar-refractivity contribution in [2.75, 3.05) is 13.2 Å². The maximum absolute atomic E-state index is 8.72. The molecular formula is C13H19NO2. The fourth-order valence-electron chi connectivity index (χ4n) is 2.23. The molecule has 0 radical (unpaired) electrons. The molecule has 0 aromatic heterocycles. The standard InChI is InChI=1S/C13H19NO2/c14-12-6-1-5-11-10(12)4-2-7-13(11)16-9-3-8-15/h2,4,7,12,15H,1,3,5-6,8-9,14H2. The van der Waals surface area contributed by atoms with Gasteiger partial charge in [0.1, 0.15) is 5.75 Å². The average Bonchev–Trinajstić information content (AvgIpc) is 2.31. The number of nitrogens with two attached hydrogens (primary N) is 1. The second-order valence-corrected chi connectivity index (χ2v) is 4.25. The molecule has 1 unspecified atom stereocenters. The third-order valence-electron chi connectivity index (χ3n) is 3.07. The van der Waals surface area contributed by atoms with Gasteiger partial charge in [-0.05, 0) is 36.5 Å². The molecule has 1 aromatic carbocycles. The normalized spacial score (nSPS) is 19.2. The van der Waals surface area contributed by atoms with Gasteiger partial charge in [-0.2, -0.15) is 0 Å². The van der Waals surface area contributed by atoms with Crippen molar-refractivity contribution >= 4 is 0 Å². The maximum Gasteiger partial charge on any atom is 0.122 e. The molecule has 0 aliphatic heterocycles. The molecule has 0 bridgehead atoms. The lowest BCUT2D eigenvalue weighted by Gasteiger charge is -2.24. The predicted molar refractivity (Wildman–Crippen MR) is 63.5 cm³/mol. The molecule has 88 valence electrons. The summed E-state index contributed by atoms with van der Waals surface area (Å²) in [6, 6.07) is 6.25. The lowest BCUT2D eigenvalue weighted by Crippen LogP contribution is -2.18. The van der Waals surface area contributed by atoms with Crippen LogP contribution < -0.4 is 10.5 Å². The van der Waals surface area contributed by atoms with E-state index in [2.05, 4.69) is 6.07 Å². The molecule has 1 aliphatic carbocycles. The number of aliphatic hydroxyl groups is 1. The highest BCUT2D eigenvalue weighted by Gasteiger charge is 2.19. The van der Waals surface area contributed by atoms with Crippen LogP contribution in [-0.2, 0) is 6.42 Å². The zero-order valence-corrected chi connectivity index (χ0v) is 9.48. The summed E-state index contributed by atoms with van der Waals surface area (Å²) in [5, 5.41) is 8.72. The van der Waals surface area contributed by atoms with Gasteiger partial charge in [0, 0.05) is 19.1 Å². The van der Waals surface area contributed by atoms with E-state index in [1.54, 1.807) is 0 Å². The van der Waals surface area contributed by atoms with Crippen molar-refractivity contribution in [2.24, 2.45) is 5.73 Å². The number of benzene rings is 1. The van der Waals surface area contributed by atoms with Crippen LogP contribution in [0, 0.1) is 0 Å². The number of rotatable bonds is 4. The van der Waals surface area contributed by atoms with Crippen molar-refractivity contribution in [3.63, 3.8) is 0 Å². The highest BCUT2D eigenvalue weighted by molar-refractivity contribution is 5.43. The van der Waals surface area contributed by atoms with Crippen LogP contribution in [0.2, 0.25) is 0 Å². The summed E-state index contributed by atoms with van der Waals surface area (Å²) in [4.78, 5) is 0. The van der Waals surface area contributed by atoms with Crippen molar-refractivity contribution in [3.05, 3.63) is 29.3 Å². The van der Waals surface area contributed by atoms with Gasteiger partial charge in [-0.25, -0.2) is 0 Å². The van der Waals surface area contributed by atoms with Crippen LogP contribution in [-0.4, -0.2) is 18.3 Å². The van der Waals surface area contributed by atoms with Crippen LogP contribution in [0.25, 0.3) is 0 Å². The Hall–Kier alpha value is -1.06. The summed E-state index contributed by atoms with van der Waals surface area (Å²) >= 11 is 0. The number of ether oxygens (including phenoxy) is 1. The van der Waals surface area contributed by atoms with E-state index in [1.807, 2.05) is 12.1 Å². The Morgan fingerprint density at radius 3 is 3.12 bits per heavy atom. The molecule has 1 aliphatic rings. The van der Waals surface area contributed by atoms with Crippen LogP contribution in [0.15, 0.2) is 18.2 Å². The van der Waals surface area contributed by atoms with Crippen molar-refractivity contribution in [1.29, 1.82) is 0 Å². The molecule has 0 spiro atoms. The average molecular weight is 221 g/mol. The predicted octanol–water partition coefficient (Wildman–Crippen LogP) is 1.78. The Morgan fingerprint density at radius 2 is 2.31 bits per heavy atom. The van der Waals surface area contributed by atoms with Gasteiger partial charge in [-0.3, -0.25) is 0 Å². The van der Waals surface area contributed by atoms with E-state index >= 15 is 0 Å². The summed E-state index contributed by atoms with van der Waals surface area (Å²) < 4.78 is 5.68. The first-order valence-corrected chi connectivity index (χ1v) is 5.94. The molecule has 1 atom stereocenters. The van der Waals surface area contributed by atoms with Gasteiger partial charge in [0.05, 0.1) is 6.61 Å². The molecule has 0 amide bonds. The van der Waals surface area contributed by atoms with Gasteiger partial charge in [0.2, 0.25) is 0 Å². The summed E-state index contributed by atoms with van der Waals surface area (Å²) in [5.74, 6) is 0.945. The zero-order valence-electron chi connectivity index (χ0n) is 9.48. The summed E-state index contributed by atoms with van der Waals surface area (Å²) in [7, 11) is 0. The van der Waals surface area contributed by atoms with Crippen LogP contribution in [0.1, 0.15) is 36.4 Å². The van der Waals surface area contributed by atoms with E-state index in [4.69, 9.17) is 15.6 Å². The SMILES string of the molecule is NC1CCCc2c(OCCCO)cccc21. The fourth-order valence-corrected chi connectivity index (χ4v) is 2.23. The lowest BCUT2D eigenvalue weighted by molar-refractivity contribution is 0.232. The van der Waals surface area contributed by atoms with E-state index in [0.717, 1.165) is 25.0 Å². The van der Waals surface area contributed by atoms with E-state index in [0.29, 0.717) is 13.0 Å². The van der Waals surface area contributed by atoms with Gasteiger partial charge in [0.15, 0.2) is 0 Å². The Morgan fingerprint density at radius 1 is 1.44 bits per heavy atom. The molecule has 3 nitrogen and oxygen atoms in total. The van der Waals surface area contributed by atoms with Crippen molar-refractivity contribution in [3.8, 4) is 5.75 Å². The molecule has 0 saturated heterocycles. The summed E-state index contributed by atoms with van der Waals surface area (Å²) in [6.07, 6.45) is 3.93. The van der Waals surface area contributed by atoms with Crippen LogP contribution >= 0.6 is 0 Å². The smallest absolute Gasteiger partial charge is 0.122 e. The third-order valence-corrected chi connectivity index (χ3v) is 3.07. The molecule has 3 heteroatoms. The molecule has 0 fully saturated rings. The fraction of sp³-hybridized carbons (Fsp3) is 0.538. The Balaban J connectivity index is 2.15. The van der Waals surface area contributed by atoms with E-state index in [1.165, 1.54) is 11.1 Å². The minimum absolute atomic E-state index is 0.158. The zero-order chi connectivity index (χ0) is 11.4. The topological polar surface area (TPSA) is 55.5 Å². The molecule has 16 heavy (non-hydrogen) atoms. The molecular weight excluding hydrogens is 202 g/mol. The number of aliphatic hydroxyl groups excluding tert-OH is 1. The largest absolute Gasteiger partial charge is 0.493 e. The molecule has 0 heterocycles. The molecule has 2 rings (SSSR count). The van der Waals surface area contributed by atoms with Crippen LogP contribution in [0.5, 0.6) is 5.75 Å². The van der Waals surface area contributed by atoms with Gasteiger partial charge < -0.3 is 15.6 Å². The second-order valence-electron chi connectivity index (χ2n) is 4.25. The quantitative estimate of drug-likeness (QED) is 0.762. The Kier molecular flexibility index (Phi) is 3.80. The van der Waals surface area contributed by atoms with E-state index < -0.39 is 0 Å². The Labute approximate surface area is 96.2 Å². The molecule has 0 saturated carbocycles. The van der Waals surface area contributed by atoms with Gasteiger partial charge >= 0.3 is 0 Å². The lowest BCUT2D eigenvalue weighted by atomic mass is 9.87. The highest BCUT2D eigenvalue weighted by atomic mass is 16.5. The van der Waals surface area contributed by atoms with Crippen molar-refractivity contribution < 1.29 is 9.84 Å². The number of hydrogen-bond donors (Lipinski definition) is 2. The van der Waals surface area contributed by atoms with Crippen molar-refractivity contribution in [2.45, 2.75) is 31.7 Å². The van der Waals surface area contributed by atoms with Gasteiger partial charge in [-0.15, -0.1) is 0 Å². The Bertz CT molecular complexity index is 352. The highest BCUT2D eigenvalue weighted by Crippen LogP contribution is 2.33. The number of fused-ring (bicyclic) bond motifs is 1. The minimum atomic E-state index is 0.158. The maximum atomic E-state index is 8.72. The van der Waals surface area contributed by atoms with Crippen molar-refractivity contribution in [1.82, 2.24) is 0 Å². The third kappa shape index (κ3) is 2.36. The second kappa shape index (κ2) is 5.32. The van der Waals surface area contributed by atoms with Gasteiger partial charge in [0.25, 0.3) is 0 Å². The summed E-state index contributed by atoms with van der Waals surface area (Å²) in [6.45, 7) is 0.747. The van der Waals surface area contributed by atoms with Gasteiger partial charge in [-0.1, -0.05) is 12.1 Å². The minimum Gasteiger partial charge on any atom is -0.493 e. The first-order valence-electron chi connectivity index (χ1n) is 5.94.